The predicted octanol–water partition coefficient (Wildman–Crippen LogP) is 2.82. The Labute approximate surface area is 149 Å². The molecule has 0 aliphatic heterocycles. The van der Waals surface area contributed by atoms with Crippen LogP contribution in [-0.2, 0) is 11.2 Å². The molecule has 7 nitrogen and oxygen atoms in total. The largest absolute Gasteiger partial charge is 0.480 e. The molecule has 0 bridgehead atoms. The molecule has 0 atom stereocenters. The zero-order valence-electron chi connectivity index (χ0n) is 14.1. The third-order valence-electron chi connectivity index (χ3n) is 3.67. The first-order chi connectivity index (χ1) is 12.2. The van der Waals surface area contributed by atoms with E-state index in [4.69, 9.17) is 4.74 Å². The molecule has 0 unspecified atom stereocenters. The summed E-state index contributed by atoms with van der Waals surface area (Å²) in [5.74, 6) is 1.20. The molecule has 2 heterocycles. The van der Waals surface area contributed by atoms with Crippen LogP contribution in [0.3, 0.4) is 0 Å². The number of hydrogen-bond donors (Lipinski definition) is 1. The normalized spacial score (nSPS) is 10.8. The molecule has 0 aliphatic rings. The average molecular weight is 357 g/mol. The highest BCUT2D eigenvalue weighted by molar-refractivity contribution is 7.98. The first kappa shape index (κ1) is 17.2. The lowest BCUT2D eigenvalue weighted by Gasteiger charge is -2.06. The Bertz CT molecular complexity index is 880. The maximum atomic E-state index is 12.1. The maximum absolute atomic E-state index is 12.1. The standard InChI is InChI=1S/C17H19N5O2S/c1-24-17-10-9-15-20-19-14(22(15)21-17)7-4-8-16(23)18-12-5-3-6-13(11-12)25-2/h3,5-6,9-11H,4,7-8H2,1-2H3,(H,18,23). The Morgan fingerprint density at radius 3 is 2.96 bits per heavy atom. The maximum Gasteiger partial charge on any atom is 0.231 e. The van der Waals surface area contributed by atoms with Crippen LogP contribution in [-0.4, -0.2) is 39.1 Å². The van der Waals surface area contributed by atoms with Gasteiger partial charge in [0, 0.05) is 29.5 Å². The molecule has 130 valence electrons. The third-order valence-corrected chi connectivity index (χ3v) is 4.40. The number of benzene rings is 1. The van der Waals surface area contributed by atoms with Crippen LogP contribution in [0.5, 0.6) is 5.88 Å². The lowest BCUT2D eigenvalue weighted by molar-refractivity contribution is -0.116. The Morgan fingerprint density at radius 1 is 1.28 bits per heavy atom. The fourth-order valence-corrected chi connectivity index (χ4v) is 2.87. The van der Waals surface area contributed by atoms with Crippen LogP contribution in [0.1, 0.15) is 18.7 Å². The fraction of sp³-hybridized carbons (Fsp3) is 0.294. The fourth-order valence-electron chi connectivity index (χ4n) is 2.41. The highest BCUT2D eigenvalue weighted by Gasteiger charge is 2.09. The van der Waals surface area contributed by atoms with Gasteiger partial charge in [-0.1, -0.05) is 6.07 Å². The van der Waals surface area contributed by atoms with E-state index >= 15 is 0 Å². The van der Waals surface area contributed by atoms with E-state index < -0.39 is 0 Å². The summed E-state index contributed by atoms with van der Waals surface area (Å²) in [6.07, 6.45) is 3.68. The number of methoxy groups -OCH3 is 1. The number of rotatable bonds is 7. The summed E-state index contributed by atoms with van der Waals surface area (Å²) in [5, 5.41) is 15.4. The van der Waals surface area contributed by atoms with E-state index in [1.165, 1.54) is 0 Å². The van der Waals surface area contributed by atoms with Gasteiger partial charge < -0.3 is 10.1 Å². The van der Waals surface area contributed by atoms with Crippen molar-refractivity contribution in [3.05, 3.63) is 42.2 Å². The Kier molecular flexibility index (Phi) is 5.49. The number of aryl methyl sites for hydroxylation is 1. The van der Waals surface area contributed by atoms with Crippen molar-refractivity contribution in [3.63, 3.8) is 0 Å². The second kappa shape index (κ2) is 7.98. The third kappa shape index (κ3) is 4.27. The van der Waals surface area contributed by atoms with Gasteiger partial charge in [-0.05, 0) is 36.9 Å². The van der Waals surface area contributed by atoms with Gasteiger partial charge in [0.05, 0.1) is 7.11 Å². The number of nitrogens with one attached hydrogen (secondary N) is 1. The number of anilines is 1. The monoisotopic (exact) mass is 357 g/mol. The molecule has 0 saturated heterocycles. The topological polar surface area (TPSA) is 81.4 Å². The SMILES string of the molecule is COc1ccc2nnc(CCCC(=O)Nc3cccc(SC)c3)n2n1. The second-order valence-electron chi connectivity index (χ2n) is 5.40. The zero-order chi connectivity index (χ0) is 17.6. The Hall–Kier alpha value is -2.61. The summed E-state index contributed by atoms with van der Waals surface area (Å²) in [6, 6.07) is 11.3. The molecule has 0 saturated carbocycles. The van der Waals surface area contributed by atoms with Crippen molar-refractivity contribution >= 4 is 29.0 Å². The molecule has 25 heavy (non-hydrogen) atoms. The lowest BCUT2D eigenvalue weighted by Crippen LogP contribution is -2.12. The van der Waals surface area contributed by atoms with Crippen molar-refractivity contribution in [1.29, 1.82) is 0 Å². The molecule has 1 N–H and O–H groups in total. The quantitative estimate of drug-likeness (QED) is 0.655. The van der Waals surface area contributed by atoms with E-state index in [1.54, 1.807) is 35.5 Å². The van der Waals surface area contributed by atoms with Crippen molar-refractivity contribution in [2.75, 3.05) is 18.7 Å². The molecule has 0 spiro atoms. The van der Waals surface area contributed by atoms with Crippen LogP contribution in [0.15, 0.2) is 41.3 Å². The van der Waals surface area contributed by atoms with Gasteiger partial charge in [-0.15, -0.1) is 27.1 Å². The van der Waals surface area contributed by atoms with Crippen LogP contribution < -0.4 is 10.1 Å². The van der Waals surface area contributed by atoms with Crippen LogP contribution in [0.4, 0.5) is 5.69 Å². The number of aromatic nitrogens is 4. The zero-order valence-corrected chi connectivity index (χ0v) is 14.9. The molecule has 2 aromatic heterocycles. The molecular formula is C17H19N5O2S. The van der Waals surface area contributed by atoms with E-state index in [0.717, 1.165) is 10.6 Å². The molecule has 0 fully saturated rings. The van der Waals surface area contributed by atoms with Gasteiger partial charge in [-0.3, -0.25) is 4.79 Å². The van der Waals surface area contributed by atoms with Crippen molar-refractivity contribution in [2.45, 2.75) is 24.2 Å². The number of thioether (sulfide) groups is 1. The molecule has 1 amide bonds. The highest BCUT2D eigenvalue weighted by atomic mass is 32.2. The van der Waals surface area contributed by atoms with Crippen LogP contribution >= 0.6 is 11.8 Å². The second-order valence-corrected chi connectivity index (χ2v) is 6.28. The minimum atomic E-state index is -0.0161. The molecule has 0 radical (unpaired) electrons. The molecule has 3 rings (SSSR count). The smallest absolute Gasteiger partial charge is 0.231 e. The number of nitrogens with zero attached hydrogens (tertiary/aromatic N) is 4. The Morgan fingerprint density at radius 2 is 2.16 bits per heavy atom. The molecule has 3 aromatic rings. The van der Waals surface area contributed by atoms with Gasteiger partial charge in [0.2, 0.25) is 11.8 Å². The first-order valence-corrected chi connectivity index (χ1v) is 9.11. The highest BCUT2D eigenvalue weighted by Crippen LogP contribution is 2.19. The van der Waals surface area contributed by atoms with Gasteiger partial charge in [-0.25, -0.2) is 0 Å². The summed E-state index contributed by atoms with van der Waals surface area (Å²) in [4.78, 5) is 13.2. The van der Waals surface area contributed by atoms with Crippen molar-refractivity contribution in [1.82, 2.24) is 19.8 Å². The summed E-state index contributed by atoms with van der Waals surface area (Å²) >= 11 is 1.64. The lowest BCUT2D eigenvalue weighted by atomic mass is 10.2. The summed E-state index contributed by atoms with van der Waals surface area (Å²) in [7, 11) is 1.56. The molecular weight excluding hydrogens is 338 g/mol. The van der Waals surface area contributed by atoms with Gasteiger partial charge in [-0.2, -0.15) is 4.52 Å². The number of carbonyl (C=O) groups is 1. The first-order valence-electron chi connectivity index (χ1n) is 7.89. The number of hydrogen-bond acceptors (Lipinski definition) is 6. The minimum absolute atomic E-state index is 0.0161. The molecule has 1 aromatic carbocycles. The van der Waals surface area contributed by atoms with Crippen molar-refractivity contribution < 1.29 is 9.53 Å². The van der Waals surface area contributed by atoms with Crippen molar-refractivity contribution in [3.8, 4) is 5.88 Å². The molecule has 8 heteroatoms. The van der Waals surface area contributed by atoms with E-state index in [2.05, 4.69) is 20.6 Å². The minimum Gasteiger partial charge on any atom is -0.480 e. The number of carbonyl (C=O) groups excluding carboxylic acids is 1. The number of amides is 1. The van der Waals surface area contributed by atoms with Gasteiger partial charge in [0.25, 0.3) is 0 Å². The average Bonchev–Trinajstić information content (AvgIpc) is 3.04. The Balaban J connectivity index is 1.56. The summed E-state index contributed by atoms with van der Waals surface area (Å²) in [5.41, 5.74) is 1.48. The van der Waals surface area contributed by atoms with E-state index in [-0.39, 0.29) is 5.91 Å². The predicted molar refractivity (Wildman–Crippen MR) is 97.1 cm³/mol. The van der Waals surface area contributed by atoms with E-state index in [0.29, 0.717) is 36.6 Å². The van der Waals surface area contributed by atoms with E-state index in [1.807, 2.05) is 30.5 Å². The van der Waals surface area contributed by atoms with E-state index in [9.17, 15) is 4.79 Å². The van der Waals surface area contributed by atoms with Gasteiger partial charge in [0.15, 0.2) is 11.5 Å². The van der Waals surface area contributed by atoms with Crippen molar-refractivity contribution in [2.24, 2.45) is 0 Å². The summed E-state index contributed by atoms with van der Waals surface area (Å²) < 4.78 is 6.77. The number of ether oxygens (including phenoxy) is 1. The van der Waals surface area contributed by atoms with Crippen LogP contribution in [0.2, 0.25) is 0 Å². The van der Waals surface area contributed by atoms with Gasteiger partial charge >= 0.3 is 0 Å². The molecule has 0 aliphatic carbocycles. The summed E-state index contributed by atoms with van der Waals surface area (Å²) in [6.45, 7) is 0. The van der Waals surface area contributed by atoms with Crippen LogP contribution in [0, 0.1) is 0 Å². The number of fused-ring (bicyclic) bond motifs is 1. The van der Waals surface area contributed by atoms with Crippen LogP contribution in [0.25, 0.3) is 5.65 Å². The van der Waals surface area contributed by atoms with Gasteiger partial charge in [0.1, 0.15) is 0 Å².